The van der Waals surface area contributed by atoms with Crippen LogP contribution in [0.3, 0.4) is 0 Å². The molecule has 98 valence electrons. The minimum atomic E-state index is -0.623. The van der Waals surface area contributed by atoms with Crippen molar-refractivity contribution in [3.05, 3.63) is 11.8 Å². The number of nitrogens with one attached hydrogen (secondary N) is 1. The number of rotatable bonds is 3. The van der Waals surface area contributed by atoms with Gasteiger partial charge in [0.25, 0.3) is 5.91 Å². The average molecular weight is 250 g/mol. The van der Waals surface area contributed by atoms with E-state index in [1.807, 2.05) is 0 Å². The molecule has 0 aromatic carbocycles. The molecule has 0 spiro atoms. The predicted molar refractivity (Wildman–Crippen MR) is 68.8 cm³/mol. The number of amides is 1. The van der Waals surface area contributed by atoms with Gasteiger partial charge in [0, 0.05) is 18.3 Å². The van der Waals surface area contributed by atoms with Crippen molar-refractivity contribution in [3.63, 3.8) is 0 Å². The highest BCUT2D eigenvalue weighted by Gasteiger charge is 2.19. The molecule has 1 aliphatic carbocycles. The molecule has 0 atom stereocenters. The zero-order valence-corrected chi connectivity index (χ0v) is 10.1. The van der Waals surface area contributed by atoms with Crippen molar-refractivity contribution in [2.45, 2.75) is 37.8 Å². The summed E-state index contributed by atoms with van der Waals surface area (Å²) in [6.45, 7) is 0. The zero-order valence-electron chi connectivity index (χ0n) is 10.1. The third-order valence-electron chi connectivity index (χ3n) is 3.19. The Hall–Kier alpha value is -1.89. The number of carbonyl (C=O) groups is 1. The number of aromatic nitrogens is 2. The van der Waals surface area contributed by atoms with Crippen LogP contribution in [0.4, 0.5) is 11.8 Å². The van der Waals surface area contributed by atoms with Crippen LogP contribution >= 0.6 is 0 Å². The maximum absolute atomic E-state index is 11.0. The Balaban J connectivity index is 2.02. The number of hydrogen-bond acceptors (Lipinski definition) is 6. The number of nitrogen functional groups attached to an aromatic ring is 1. The van der Waals surface area contributed by atoms with E-state index in [2.05, 4.69) is 15.3 Å². The maximum atomic E-state index is 11.0. The second-order valence-electron chi connectivity index (χ2n) is 4.61. The van der Waals surface area contributed by atoms with Crippen LogP contribution in [0.15, 0.2) is 6.20 Å². The third-order valence-corrected chi connectivity index (χ3v) is 3.19. The predicted octanol–water partition coefficient (Wildman–Crippen LogP) is -0.160. The van der Waals surface area contributed by atoms with Crippen molar-refractivity contribution in [3.8, 4) is 0 Å². The molecule has 2 rings (SSSR count). The number of nitrogens with zero attached hydrogens (tertiary/aromatic N) is 2. The average Bonchev–Trinajstić information content (AvgIpc) is 2.32. The summed E-state index contributed by atoms with van der Waals surface area (Å²) in [5, 5.41) is 3.20. The molecule has 1 saturated carbocycles. The van der Waals surface area contributed by atoms with E-state index >= 15 is 0 Å². The van der Waals surface area contributed by atoms with E-state index in [0.29, 0.717) is 18.0 Å². The normalized spacial score (nSPS) is 23.6. The van der Waals surface area contributed by atoms with Gasteiger partial charge < -0.3 is 22.5 Å². The van der Waals surface area contributed by atoms with Gasteiger partial charge in [0.15, 0.2) is 0 Å². The van der Waals surface area contributed by atoms with Gasteiger partial charge in [-0.3, -0.25) is 4.79 Å². The van der Waals surface area contributed by atoms with Gasteiger partial charge in [-0.05, 0) is 25.7 Å². The van der Waals surface area contributed by atoms with Gasteiger partial charge in [-0.25, -0.2) is 4.98 Å². The SMILES string of the molecule is NC(=O)c1cnc(NC2CCC(N)CC2)nc1N. The Morgan fingerprint density at radius 2 is 2.00 bits per heavy atom. The molecule has 0 bridgehead atoms. The first-order valence-corrected chi connectivity index (χ1v) is 6.00. The summed E-state index contributed by atoms with van der Waals surface area (Å²) in [6, 6.07) is 0.606. The van der Waals surface area contributed by atoms with E-state index in [0.717, 1.165) is 25.7 Å². The molecule has 0 aliphatic heterocycles. The first kappa shape index (κ1) is 12.6. The number of hydrogen-bond donors (Lipinski definition) is 4. The molecule has 1 aromatic heterocycles. The largest absolute Gasteiger partial charge is 0.383 e. The van der Waals surface area contributed by atoms with Gasteiger partial charge in [0.2, 0.25) is 5.95 Å². The van der Waals surface area contributed by atoms with Gasteiger partial charge in [-0.2, -0.15) is 4.98 Å². The highest BCUT2D eigenvalue weighted by Crippen LogP contribution is 2.20. The van der Waals surface area contributed by atoms with Crippen molar-refractivity contribution < 1.29 is 4.79 Å². The van der Waals surface area contributed by atoms with E-state index in [9.17, 15) is 4.79 Å². The lowest BCUT2D eigenvalue weighted by Gasteiger charge is -2.26. The molecule has 7 heteroatoms. The summed E-state index contributed by atoms with van der Waals surface area (Å²) in [5.41, 5.74) is 16.8. The van der Waals surface area contributed by atoms with Crippen LogP contribution in [0.2, 0.25) is 0 Å². The van der Waals surface area contributed by atoms with Gasteiger partial charge in [0.1, 0.15) is 5.82 Å². The quantitative estimate of drug-likeness (QED) is 0.589. The molecule has 1 heterocycles. The number of nitrogens with two attached hydrogens (primary N) is 3. The summed E-state index contributed by atoms with van der Waals surface area (Å²) in [5.74, 6) is -0.0897. The lowest BCUT2D eigenvalue weighted by molar-refractivity contribution is 0.100. The monoisotopic (exact) mass is 250 g/mol. The number of anilines is 2. The van der Waals surface area contributed by atoms with Gasteiger partial charge in [-0.15, -0.1) is 0 Å². The van der Waals surface area contributed by atoms with E-state index < -0.39 is 5.91 Å². The fourth-order valence-electron chi connectivity index (χ4n) is 2.10. The van der Waals surface area contributed by atoms with Crippen molar-refractivity contribution in [1.82, 2.24) is 9.97 Å². The van der Waals surface area contributed by atoms with E-state index in [4.69, 9.17) is 17.2 Å². The van der Waals surface area contributed by atoms with Crippen molar-refractivity contribution in [2.24, 2.45) is 11.5 Å². The molecule has 0 saturated heterocycles. The lowest BCUT2D eigenvalue weighted by Crippen LogP contribution is -2.33. The third kappa shape index (κ3) is 2.86. The minimum Gasteiger partial charge on any atom is -0.383 e. The Bertz CT molecular complexity index is 441. The summed E-state index contributed by atoms with van der Waals surface area (Å²) >= 11 is 0. The minimum absolute atomic E-state index is 0.104. The Labute approximate surface area is 105 Å². The Morgan fingerprint density at radius 1 is 1.33 bits per heavy atom. The highest BCUT2D eigenvalue weighted by atomic mass is 16.1. The van der Waals surface area contributed by atoms with Crippen molar-refractivity contribution >= 4 is 17.7 Å². The summed E-state index contributed by atoms with van der Waals surface area (Å²) in [7, 11) is 0. The van der Waals surface area contributed by atoms with Crippen LogP contribution in [-0.2, 0) is 0 Å². The summed E-state index contributed by atoms with van der Waals surface area (Å²) < 4.78 is 0. The molecular formula is C11H18N6O. The van der Waals surface area contributed by atoms with Gasteiger partial charge in [-0.1, -0.05) is 0 Å². The maximum Gasteiger partial charge on any atom is 0.254 e. The standard InChI is InChI=1S/C11H18N6O/c12-6-1-3-7(4-2-6)16-11-15-5-8(10(14)18)9(13)17-11/h5-7H,1-4,12H2,(H2,14,18)(H3,13,15,16,17). The molecule has 7 nitrogen and oxygen atoms in total. The van der Waals surface area contributed by atoms with Crippen LogP contribution in [0, 0.1) is 0 Å². The Kier molecular flexibility index (Phi) is 3.61. The molecule has 18 heavy (non-hydrogen) atoms. The zero-order chi connectivity index (χ0) is 13.1. The molecular weight excluding hydrogens is 232 g/mol. The van der Waals surface area contributed by atoms with E-state index in [-0.39, 0.29) is 11.4 Å². The highest BCUT2D eigenvalue weighted by molar-refractivity contribution is 5.96. The smallest absolute Gasteiger partial charge is 0.254 e. The van der Waals surface area contributed by atoms with Crippen LogP contribution in [0.1, 0.15) is 36.0 Å². The topological polar surface area (TPSA) is 133 Å². The second-order valence-corrected chi connectivity index (χ2v) is 4.61. The number of carbonyl (C=O) groups excluding carboxylic acids is 1. The van der Waals surface area contributed by atoms with Crippen LogP contribution in [-0.4, -0.2) is 28.0 Å². The van der Waals surface area contributed by atoms with Crippen molar-refractivity contribution in [1.29, 1.82) is 0 Å². The van der Waals surface area contributed by atoms with E-state index in [1.54, 1.807) is 0 Å². The molecule has 1 fully saturated rings. The Morgan fingerprint density at radius 3 is 2.56 bits per heavy atom. The number of primary amides is 1. The molecule has 1 amide bonds. The fraction of sp³-hybridized carbons (Fsp3) is 0.545. The fourth-order valence-corrected chi connectivity index (χ4v) is 2.10. The van der Waals surface area contributed by atoms with E-state index in [1.165, 1.54) is 6.20 Å². The molecule has 0 radical (unpaired) electrons. The van der Waals surface area contributed by atoms with Crippen LogP contribution in [0.5, 0.6) is 0 Å². The summed E-state index contributed by atoms with van der Waals surface area (Å²) in [6.07, 6.45) is 5.31. The van der Waals surface area contributed by atoms with Crippen molar-refractivity contribution in [2.75, 3.05) is 11.1 Å². The lowest BCUT2D eigenvalue weighted by atomic mass is 9.92. The first-order chi connectivity index (χ1) is 8.56. The van der Waals surface area contributed by atoms with Gasteiger partial charge >= 0.3 is 0 Å². The van der Waals surface area contributed by atoms with Gasteiger partial charge in [0.05, 0.1) is 5.56 Å². The van der Waals surface area contributed by atoms with Crippen LogP contribution in [0.25, 0.3) is 0 Å². The summed E-state index contributed by atoms with van der Waals surface area (Å²) in [4.78, 5) is 19.1. The molecule has 1 aliphatic rings. The first-order valence-electron chi connectivity index (χ1n) is 6.00. The van der Waals surface area contributed by atoms with Crippen LogP contribution < -0.4 is 22.5 Å². The molecule has 7 N–H and O–H groups in total. The second kappa shape index (κ2) is 5.18. The molecule has 0 unspecified atom stereocenters. The molecule has 1 aromatic rings.